The van der Waals surface area contributed by atoms with Gasteiger partial charge in [0.05, 0.1) is 27.7 Å². The van der Waals surface area contributed by atoms with E-state index in [0.29, 0.717) is 23.9 Å². The quantitative estimate of drug-likeness (QED) is 0.0211. The van der Waals surface area contributed by atoms with Gasteiger partial charge in [0.1, 0.15) is 19.8 Å². The third kappa shape index (κ3) is 49.2. The van der Waals surface area contributed by atoms with Gasteiger partial charge in [0.2, 0.25) is 0 Å². The molecule has 0 heterocycles. The number of ether oxygens (including phenoxy) is 2. The standard InChI is InChI=1S/C54H98NO8P/c1-6-8-10-12-14-16-18-20-22-24-26-27-29-31-33-35-37-39-41-43-45-47-54(57)63-52(51-62-64(58,59)61-49-48-55(3,4)5)50-60-53(56)46-44-42-40-38-36-34-32-30-28-25-23-21-19-17-15-13-11-9-7-2/h15,17,21,23,28,30,34,36,40,42,52H,6-14,16,18-20,22,24-27,29,31-33,35,37-39,41,43-51H2,1-5H3/p+1/b17-15-,23-21-,30-28-,36-34-,42-40-/t52-/m1/s1. The minimum absolute atomic E-state index is 0.0200. The maximum Gasteiger partial charge on any atom is 0.472 e. The third-order valence-corrected chi connectivity index (χ3v) is 12.0. The van der Waals surface area contributed by atoms with Crippen molar-refractivity contribution in [2.75, 3.05) is 47.5 Å². The summed E-state index contributed by atoms with van der Waals surface area (Å²) in [6.07, 6.45) is 57.2. The Hall–Kier alpha value is -2.29. The summed E-state index contributed by atoms with van der Waals surface area (Å²) in [5.74, 6) is -0.889. The lowest BCUT2D eigenvalue weighted by Gasteiger charge is -2.24. The number of likely N-dealkylation sites (N-methyl/N-ethyl adjacent to an activating group) is 1. The number of esters is 2. The number of rotatable bonds is 47. The van der Waals surface area contributed by atoms with Crippen molar-refractivity contribution in [1.29, 1.82) is 0 Å². The number of hydrogen-bond acceptors (Lipinski definition) is 7. The van der Waals surface area contributed by atoms with E-state index in [0.717, 1.165) is 38.5 Å². The van der Waals surface area contributed by atoms with Crippen molar-refractivity contribution in [3.8, 4) is 0 Å². The van der Waals surface area contributed by atoms with Crippen LogP contribution in [-0.2, 0) is 32.7 Å². The summed E-state index contributed by atoms with van der Waals surface area (Å²) in [5, 5.41) is 0. The van der Waals surface area contributed by atoms with Crippen molar-refractivity contribution in [3.63, 3.8) is 0 Å². The summed E-state index contributed by atoms with van der Waals surface area (Å²) in [6, 6.07) is 0. The number of phosphoric ester groups is 1. The Kier molecular flexibility index (Phi) is 44.2. The molecule has 0 aromatic rings. The lowest BCUT2D eigenvalue weighted by Crippen LogP contribution is -2.37. The zero-order valence-electron chi connectivity index (χ0n) is 42.0. The van der Waals surface area contributed by atoms with Crippen LogP contribution in [0, 0.1) is 0 Å². The first-order chi connectivity index (χ1) is 31.0. The van der Waals surface area contributed by atoms with E-state index in [9.17, 15) is 19.0 Å². The monoisotopic (exact) mass is 921 g/mol. The van der Waals surface area contributed by atoms with Gasteiger partial charge in [0, 0.05) is 12.8 Å². The van der Waals surface area contributed by atoms with E-state index in [4.69, 9.17) is 18.5 Å². The van der Waals surface area contributed by atoms with Crippen LogP contribution in [0.15, 0.2) is 60.8 Å². The van der Waals surface area contributed by atoms with Crippen molar-refractivity contribution in [2.24, 2.45) is 0 Å². The second-order valence-corrected chi connectivity index (χ2v) is 20.0. The molecule has 64 heavy (non-hydrogen) atoms. The summed E-state index contributed by atoms with van der Waals surface area (Å²) >= 11 is 0. The maximum atomic E-state index is 12.8. The third-order valence-electron chi connectivity index (χ3n) is 11.1. The first-order valence-corrected chi connectivity index (χ1v) is 27.5. The lowest BCUT2D eigenvalue weighted by atomic mass is 10.0. The van der Waals surface area contributed by atoms with Crippen LogP contribution in [0.5, 0.6) is 0 Å². The number of quaternary nitrogens is 1. The summed E-state index contributed by atoms with van der Waals surface area (Å²) in [7, 11) is 1.44. The van der Waals surface area contributed by atoms with Crippen molar-refractivity contribution < 1.29 is 42.1 Å². The molecule has 2 atom stereocenters. The second-order valence-electron chi connectivity index (χ2n) is 18.6. The van der Waals surface area contributed by atoms with Crippen LogP contribution in [0.25, 0.3) is 0 Å². The van der Waals surface area contributed by atoms with E-state index in [1.165, 1.54) is 141 Å². The van der Waals surface area contributed by atoms with E-state index in [1.54, 1.807) is 0 Å². The Bertz CT molecular complexity index is 1270. The lowest BCUT2D eigenvalue weighted by molar-refractivity contribution is -0.870. The van der Waals surface area contributed by atoms with Crippen LogP contribution < -0.4 is 0 Å². The predicted molar refractivity (Wildman–Crippen MR) is 270 cm³/mol. The fourth-order valence-corrected chi connectivity index (χ4v) is 7.74. The molecule has 1 unspecified atom stereocenters. The normalized spacial score (nSPS) is 13.9. The van der Waals surface area contributed by atoms with Gasteiger partial charge in [-0.05, 0) is 51.4 Å². The Morgan fingerprint density at radius 3 is 1.31 bits per heavy atom. The van der Waals surface area contributed by atoms with Crippen LogP contribution >= 0.6 is 7.82 Å². The molecule has 0 aliphatic heterocycles. The van der Waals surface area contributed by atoms with Crippen LogP contribution in [0.2, 0.25) is 0 Å². The Morgan fingerprint density at radius 1 is 0.484 bits per heavy atom. The van der Waals surface area contributed by atoms with E-state index >= 15 is 0 Å². The van der Waals surface area contributed by atoms with Gasteiger partial charge in [-0.1, -0.05) is 216 Å². The molecule has 372 valence electrons. The number of hydrogen-bond donors (Lipinski definition) is 1. The van der Waals surface area contributed by atoms with Crippen LogP contribution in [-0.4, -0.2) is 74.9 Å². The smallest absolute Gasteiger partial charge is 0.462 e. The number of unbranched alkanes of at least 4 members (excludes halogenated alkanes) is 23. The molecule has 0 bridgehead atoms. The molecule has 0 aliphatic rings. The highest BCUT2D eigenvalue weighted by molar-refractivity contribution is 7.47. The first-order valence-electron chi connectivity index (χ1n) is 26.0. The number of nitrogens with zero attached hydrogens (tertiary/aromatic N) is 1. The van der Waals surface area contributed by atoms with Gasteiger partial charge in [0.25, 0.3) is 0 Å². The van der Waals surface area contributed by atoms with Gasteiger partial charge in [0.15, 0.2) is 6.10 Å². The average molecular weight is 921 g/mol. The van der Waals surface area contributed by atoms with Crippen molar-refractivity contribution in [2.45, 2.75) is 225 Å². The SMILES string of the molecule is CCCCC/C=C\C/C=C\C/C=C\C/C=C\C/C=C\CCC(=O)OC[C@H](COP(=O)(O)OCC[N+](C)(C)C)OC(=O)CCCCCCCCCCCCCCCCCCCCCCC. The molecule has 10 heteroatoms. The number of carbonyl (C=O) groups is 2. The molecular formula is C54H99NO8P+. The molecule has 0 saturated heterocycles. The largest absolute Gasteiger partial charge is 0.472 e. The molecule has 0 fully saturated rings. The Balaban J connectivity index is 4.33. The molecule has 0 rings (SSSR count). The van der Waals surface area contributed by atoms with Gasteiger partial charge in [-0.2, -0.15) is 0 Å². The molecule has 0 spiro atoms. The number of carbonyl (C=O) groups excluding carboxylic acids is 2. The fourth-order valence-electron chi connectivity index (χ4n) is 7.00. The van der Waals surface area contributed by atoms with E-state index < -0.39 is 32.5 Å². The van der Waals surface area contributed by atoms with E-state index in [2.05, 4.69) is 62.5 Å². The molecule has 0 radical (unpaired) electrons. The van der Waals surface area contributed by atoms with Crippen molar-refractivity contribution >= 4 is 19.8 Å². The van der Waals surface area contributed by atoms with Crippen LogP contribution in [0.4, 0.5) is 0 Å². The van der Waals surface area contributed by atoms with Crippen LogP contribution in [0.3, 0.4) is 0 Å². The van der Waals surface area contributed by atoms with Crippen molar-refractivity contribution in [1.82, 2.24) is 0 Å². The average Bonchev–Trinajstić information content (AvgIpc) is 3.25. The summed E-state index contributed by atoms with van der Waals surface area (Å²) in [4.78, 5) is 35.5. The Labute approximate surface area is 394 Å². The fraction of sp³-hybridized carbons (Fsp3) is 0.778. The molecule has 0 amide bonds. The highest BCUT2D eigenvalue weighted by Crippen LogP contribution is 2.43. The second kappa shape index (κ2) is 45.8. The van der Waals surface area contributed by atoms with Crippen molar-refractivity contribution in [3.05, 3.63) is 60.8 Å². The first kappa shape index (κ1) is 61.7. The summed E-state index contributed by atoms with van der Waals surface area (Å²) in [6.45, 7) is 4.34. The molecule has 0 saturated carbocycles. The van der Waals surface area contributed by atoms with E-state index in [-0.39, 0.29) is 26.1 Å². The highest BCUT2D eigenvalue weighted by atomic mass is 31.2. The maximum absolute atomic E-state index is 12.8. The molecule has 0 aromatic heterocycles. The van der Waals surface area contributed by atoms with Gasteiger partial charge in [-0.3, -0.25) is 18.6 Å². The van der Waals surface area contributed by atoms with Gasteiger partial charge in [-0.25, -0.2) is 4.57 Å². The highest BCUT2D eigenvalue weighted by Gasteiger charge is 2.27. The molecular weight excluding hydrogens is 822 g/mol. The van der Waals surface area contributed by atoms with E-state index in [1.807, 2.05) is 33.3 Å². The minimum atomic E-state index is -4.40. The Morgan fingerprint density at radius 2 is 0.875 bits per heavy atom. The molecule has 9 nitrogen and oxygen atoms in total. The van der Waals surface area contributed by atoms with Gasteiger partial charge < -0.3 is 18.9 Å². The summed E-state index contributed by atoms with van der Waals surface area (Å²) in [5.41, 5.74) is 0. The minimum Gasteiger partial charge on any atom is -0.462 e. The predicted octanol–water partition coefficient (Wildman–Crippen LogP) is 15.6. The summed E-state index contributed by atoms with van der Waals surface area (Å²) < 4.78 is 34.4. The zero-order valence-corrected chi connectivity index (χ0v) is 42.9. The number of allylic oxidation sites excluding steroid dienone is 10. The van der Waals surface area contributed by atoms with Gasteiger partial charge in [-0.15, -0.1) is 0 Å². The van der Waals surface area contributed by atoms with Crippen LogP contribution in [0.1, 0.15) is 219 Å². The molecule has 0 aliphatic carbocycles. The molecule has 0 aromatic carbocycles. The number of phosphoric acid groups is 1. The topological polar surface area (TPSA) is 108 Å². The zero-order chi connectivity index (χ0) is 47.1. The van der Waals surface area contributed by atoms with Gasteiger partial charge >= 0.3 is 19.8 Å². The molecule has 1 N–H and O–H groups in total.